The van der Waals surface area contributed by atoms with E-state index in [9.17, 15) is 9.59 Å². The molecule has 1 amide bonds. The summed E-state index contributed by atoms with van der Waals surface area (Å²) in [5, 5.41) is 7.18. The number of nitrogens with zero attached hydrogens (tertiary/aromatic N) is 3. The summed E-state index contributed by atoms with van der Waals surface area (Å²) in [6.07, 6.45) is 1.53. The van der Waals surface area contributed by atoms with Crippen molar-refractivity contribution in [1.82, 2.24) is 14.7 Å². The maximum atomic E-state index is 12.9. The van der Waals surface area contributed by atoms with Gasteiger partial charge in [-0.25, -0.2) is 4.98 Å². The number of anilines is 1. The zero-order valence-electron chi connectivity index (χ0n) is 16.2. The van der Waals surface area contributed by atoms with Crippen molar-refractivity contribution in [2.75, 3.05) is 5.32 Å². The molecule has 146 valence electrons. The van der Waals surface area contributed by atoms with Gasteiger partial charge < -0.3 is 9.84 Å². The van der Waals surface area contributed by atoms with Gasteiger partial charge in [-0.3, -0.25) is 14.2 Å². The van der Waals surface area contributed by atoms with Crippen LogP contribution in [0.15, 0.2) is 64.2 Å². The average Bonchev–Trinajstić information content (AvgIpc) is 3.16. The lowest BCUT2D eigenvalue weighted by Gasteiger charge is -2.08. The third-order valence-corrected chi connectivity index (χ3v) is 4.88. The van der Waals surface area contributed by atoms with Crippen LogP contribution < -0.4 is 10.9 Å². The lowest BCUT2D eigenvalue weighted by Crippen LogP contribution is -2.23. The Morgan fingerprint density at radius 3 is 2.66 bits per heavy atom. The fraction of sp³-hybridized carbons (Fsp3) is 0.182. The SMILES string of the molecule is Cc1ccc(NC(=O)CCn2cnc3onc(-c4ccccc4)c3c2=O)cc1C. The topological polar surface area (TPSA) is 90.0 Å². The van der Waals surface area contributed by atoms with Crippen molar-refractivity contribution in [2.24, 2.45) is 0 Å². The molecule has 7 heteroatoms. The van der Waals surface area contributed by atoms with E-state index in [0.717, 1.165) is 22.4 Å². The minimum atomic E-state index is -0.283. The molecule has 0 bridgehead atoms. The van der Waals surface area contributed by atoms with Gasteiger partial charge in [0.2, 0.25) is 5.91 Å². The van der Waals surface area contributed by atoms with Crippen LogP contribution in [-0.2, 0) is 11.3 Å². The molecule has 0 fully saturated rings. The van der Waals surface area contributed by atoms with E-state index in [1.54, 1.807) is 0 Å². The second-order valence-electron chi connectivity index (χ2n) is 6.92. The van der Waals surface area contributed by atoms with Crippen LogP contribution in [0.4, 0.5) is 5.69 Å². The van der Waals surface area contributed by atoms with Crippen LogP contribution >= 0.6 is 0 Å². The number of carbonyl (C=O) groups is 1. The lowest BCUT2D eigenvalue weighted by atomic mass is 10.1. The summed E-state index contributed by atoms with van der Waals surface area (Å²) < 4.78 is 6.62. The van der Waals surface area contributed by atoms with Gasteiger partial charge in [0.15, 0.2) is 0 Å². The number of aryl methyl sites for hydroxylation is 3. The molecule has 2 aromatic heterocycles. The van der Waals surface area contributed by atoms with E-state index < -0.39 is 0 Å². The van der Waals surface area contributed by atoms with Crippen LogP contribution in [0.1, 0.15) is 17.5 Å². The summed E-state index contributed by atoms with van der Waals surface area (Å²) in [5.74, 6) is -0.172. The molecular weight excluding hydrogens is 368 g/mol. The van der Waals surface area contributed by atoms with E-state index in [1.165, 1.54) is 10.9 Å². The lowest BCUT2D eigenvalue weighted by molar-refractivity contribution is -0.116. The van der Waals surface area contributed by atoms with Crippen LogP contribution in [0, 0.1) is 13.8 Å². The molecule has 0 aliphatic carbocycles. The molecule has 4 aromatic rings. The van der Waals surface area contributed by atoms with Crippen molar-refractivity contribution in [1.29, 1.82) is 0 Å². The normalized spacial score (nSPS) is 11.0. The van der Waals surface area contributed by atoms with Crippen molar-refractivity contribution in [3.8, 4) is 11.3 Å². The Kier molecular flexibility index (Phi) is 4.95. The number of hydrogen-bond donors (Lipinski definition) is 1. The zero-order chi connectivity index (χ0) is 20.4. The molecule has 2 aromatic carbocycles. The van der Waals surface area contributed by atoms with E-state index in [1.807, 2.05) is 62.4 Å². The standard InChI is InChI=1S/C22H20N4O3/c1-14-8-9-17(12-15(14)2)24-18(27)10-11-26-13-23-21-19(22(26)28)20(25-29-21)16-6-4-3-5-7-16/h3-9,12-13H,10-11H2,1-2H3,(H,24,27). The van der Waals surface area contributed by atoms with E-state index in [-0.39, 0.29) is 30.1 Å². The maximum Gasteiger partial charge on any atom is 0.266 e. The van der Waals surface area contributed by atoms with Gasteiger partial charge in [-0.15, -0.1) is 0 Å². The molecule has 1 N–H and O–H groups in total. The van der Waals surface area contributed by atoms with E-state index in [0.29, 0.717) is 11.1 Å². The van der Waals surface area contributed by atoms with Gasteiger partial charge >= 0.3 is 0 Å². The summed E-state index contributed by atoms with van der Waals surface area (Å²) in [4.78, 5) is 29.4. The third-order valence-electron chi connectivity index (χ3n) is 4.88. The van der Waals surface area contributed by atoms with Crippen molar-refractivity contribution < 1.29 is 9.32 Å². The molecule has 0 spiro atoms. The Labute approximate surface area is 167 Å². The van der Waals surface area contributed by atoms with Crippen molar-refractivity contribution in [3.63, 3.8) is 0 Å². The number of amides is 1. The Balaban J connectivity index is 1.54. The van der Waals surface area contributed by atoms with E-state index >= 15 is 0 Å². The van der Waals surface area contributed by atoms with Crippen LogP contribution in [-0.4, -0.2) is 20.6 Å². The second-order valence-corrected chi connectivity index (χ2v) is 6.92. The first-order valence-corrected chi connectivity index (χ1v) is 9.30. The Morgan fingerprint density at radius 1 is 1.10 bits per heavy atom. The minimum Gasteiger partial charge on any atom is -0.335 e. The number of fused-ring (bicyclic) bond motifs is 1. The molecule has 0 aliphatic heterocycles. The molecule has 29 heavy (non-hydrogen) atoms. The molecular formula is C22H20N4O3. The van der Waals surface area contributed by atoms with Crippen LogP contribution in [0.3, 0.4) is 0 Å². The predicted octanol–water partition coefficient (Wildman–Crippen LogP) is 3.70. The van der Waals surface area contributed by atoms with Gasteiger partial charge in [-0.1, -0.05) is 41.6 Å². The number of rotatable bonds is 5. The smallest absolute Gasteiger partial charge is 0.266 e. The molecule has 0 radical (unpaired) electrons. The van der Waals surface area contributed by atoms with E-state index in [4.69, 9.17) is 4.52 Å². The predicted molar refractivity (Wildman–Crippen MR) is 111 cm³/mol. The monoisotopic (exact) mass is 388 g/mol. The molecule has 0 saturated heterocycles. The zero-order valence-corrected chi connectivity index (χ0v) is 16.2. The Bertz CT molecular complexity index is 1240. The Morgan fingerprint density at radius 2 is 1.90 bits per heavy atom. The fourth-order valence-corrected chi connectivity index (χ4v) is 3.10. The fourth-order valence-electron chi connectivity index (χ4n) is 3.10. The second kappa shape index (κ2) is 7.71. The molecule has 7 nitrogen and oxygen atoms in total. The van der Waals surface area contributed by atoms with Gasteiger partial charge in [-0.2, -0.15) is 0 Å². The molecule has 4 rings (SSSR count). The first-order valence-electron chi connectivity index (χ1n) is 9.30. The summed E-state index contributed by atoms with van der Waals surface area (Å²) >= 11 is 0. The first-order chi connectivity index (χ1) is 14.0. The molecule has 0 unspecified atom stereocenters. The largest absolute Gasteiger partial charge is 0.335 e. The minimum absolute atomic E-state index is 0.145. The maximum absolute atomic E-state index is 12.9. The van der Waals surface area contributed by atoms with Gasteiger partial charge in [0.25, 0.3) is 11.3 Å². The highest BCUT2D eigenvalue weighted by Gasteiger charge is 2.17. The van der Waals surface area contributed by atoms with Crippen molar-refractivity contribution >= 4 is 22.7 Å². The average molecular weight is 388 g/mol. The first kappa shape index (κ1) is 18.6. The van der Waals surface area contributed by atoms with Crippen LogP contribution in [0.2, 0.25) is 0 Å². The number of hydrogen-bond acceptors (Lipinski definition) is 5. The molecule has 0 atom stereocenters. The summed E-state index contributed by atoms with van der Waals surface area (Å²) in [5.41, 5.74) is 4.14. The molecule has 0 aliphatic rings. The number of carbonyl (C=O) groups excluding carboxylic acids is 1. The molecule has 2 heterocycles. The van der Waals surface area contributed by atoms with Crippen LogP contribution in [0.5, 0.6) is 0 Å². The highest BCUT2D eigenvalue weighted by Crippen LogP contribution is 2.23. The van der Waals surface area contributed by atoms with Gasteiger partial charge in [0.05, 0.1) is 0 Å². The highest BCUT2D eigenvalue weighted by molar-refractivity contribution is 5.91. The van der Waals surface area contributed by atoms with Crippen molar-refractivity contribution in [3.05, 3.63) is 76.3 Å². The number of nitrogens with one attached hydrogen (secondary N) is 1. The van der Waals surface area contributed by atoms with E-state index in [2.05, 4.69) is 15.5 Å². The van der Waals surface area contributed by atoms with Gasteiger partial charge in [0.1, 0.15) is 17.4 Å². The van der Waals surface area contributed by atoms with Crippen molar-refractivity contribution in [2.45, 2.75) is 26.8 Å². The third kappa shape index (κ3) is 3.80. The highest BCUT2D eigenvalue weighted by atomic mass is 16.5. The van der Waals surface area contributed by atoms with Gasteiger partial charge in [0, 0.05) is 24.2 Å². The Hall–Kier alpha value is -3.74. The number of benzene rings is 2. The summed E-state index contributed by atoms with van der Waals surface area (Å²) in [6.45, 7) is 4.22. The van der Waals surface area contributed by atoms with Gasteiger partial charge in [-0.05, 0) is 37.1 Å². The summed E-state index contributed by atoms with van der Waals surface area (Å²) in [6, 6.07) is 15.1. The summed E-state index contributed by atoms with van der Waals surface area (Å²) in [7, 11) is 0. The number of aromatic nitrogens is 3. The quantitative estimate of drug-likeness (QED) is 0.563. The molecule has 0 saturated carbocycles. The van der Waals surface area contributed by atoms with Crippen LogP contribution in [0.25, 0.3) is 22.4 Å².